The van der Waals surface area contributed by atoms with Gasteiger partial charge in [0.05, 0.1) is 0 Å². The topological polar surface area (TPSA) is 17.1 Å². The zero-order valence-corrected chi connectivity index (χ0v) is 12.2. The molecule has 16 heavy (non-hydrogen) atoms. The Morgan fingerprint density at radius 2 is 1.56 bits per heavy atom. The van der Waals surface area contributed by atoms with Crippen LogP contribution in [0.1, 0.15) is 39.5 Å². The van der Waals surface area contributed by atoms with Crippen molar-refractivity contribution < 1.29 is 4.79 Å². The maximum atomic E-state index is 12.0. The standard InChI is InChI=1S/C13H19OP.Li/c1-6-15-13(14)12-10(4)8(2)7-9(3)11(12)5;/h7,15H,6H2,1-5H3;. The van der Waals surface area contributed by atoms with Crippen LogP contribution in [0.25, 0.3) is 0 Å². The minimum atomic E-state index is 0. The molecule has 1 radical (unpaired) electrons. The van der Waals surface area contributed by atoms with Gasteiger partial charge in [-0.2, -0.15) is 0 Å². The molecule has 0 aliphatic heterocycles. The van der Waals surface area contributed by atoms with Crippen LogP contribution in [-0.2, 0) is 0 Å². The summed E-state index contributed by atoms with van der Waals surface area (Å²) >= 11 is 0. The van der Waals surface area contributed by atoms with Crippen molar-refractivity contribution in [2.75, 3.05) is 6.16 Å². The normalized spacial score (nSPS) is 10.6. The van der Waals surface area contributed by atoms with Crippen LogP contribution in [0.3, 0.4) is 0 Å². The van der Waals surface area contributed by atoms with E-state index in [0.717, 1.165) is 22.9 Å². The van der Waals surface area contributed by atoms with E-state index >= 15 is 0 Å². The number of benzene rings is 1. The van der Waals surface area contributed by atoms with Crippen LogP contribution in [0.4, 0.5) is 0 Å². The van der Waals surface area contributed by atoms with Crippen LogP contribution in [0.15, 0.2) is 6.07 Å². The molecule has 3 heteroatoms. The molecule has 0 aromatic heterocycles. The molecule has 1 aromatic rings. The van der Waals surface area contributed by atoms with Crippen LogP contribution in [0.5, 0.6) is 0 Å². The van der Waals surface area contributed by atoms with Crippen molar-refractivity contribution in [1.82, 2.24) is 0 Å². The van der Waals surface area contributed by atoms with Gasteiger partial charge in [0.2, 0.25) is 0 Å². The quantitative estimate of drug-likeness (QED) is 0.573. The van der Waals surface area contributed by atoms with Gasteiger partial charge < -0.3 is 0 Å². The maximum absolute atomic E-state index is 12.0. The molecule has 0 aliphatic rings. The first-order valence-corrected chi connectivity index (χ1v) is 6.55. The molecule has 1 rings (SSSR count). The molecule has 1 unspecified atom stereocenters. The summed E-state index contributed by atoms with van der Waals surface area (Å²) in [5.41, 5.74) is 6.05. The molecule has 1 aromatic carbocycles. The Balaban J connectivity index is 0.00000225. The zero-order chi connectivity index (χ0) is 11.6. The van der Waals surface area contributed by atoms with Crippen LogP contribution in [0.2, 0.25) is 0 Å². The molecular weight excluding hydrogens is 210 g/mol. The van der Waals surface area contributed by atoms with Crippen molar-refractivity contribution in [1.29, 1.82) is 0 Å². The number of carbonyl (C=O) groups excluding carboxylic acids is 1. The van der Waals surface area contributed by atoms with E-state index in [1.807, 2.05) is 0 Å². The van der Waals surface area contributed by atoms with E-state index in [9.17, 15) is 4.79 Å². The molecule has 0 N–H and O–H groups in total. The van der Waals surface area contributed by atoms with E-state index < -0.39 is 0 Å². The monoisotopic (exact) mass is 229 g/mol. The van der Waals surface area contributed by atoms with E-state index in [1.54, 1.807) is 0 Å². The molecule has 0 fully saturated rings. The molecule has 83 valence electrons. The minimum absolute atomic E-state index is 0. The van der Waals surface area contributed by atoms with Crippen LogP contribution >= 0.6 is 8.58 Å². The fourth-order valence-corrected chi connectivity index (χ4v) is 2.68. The summed E-state index contributed by atoms with van der Waals surface area (Å²) in [6.45, 7) is 10.3. The summed E-state index contributed by atoms with van der Waals surface area (Å²) in [6, 6.07) is 2.16. The van der Waals surface area contributed by atoms with Gasteiger partial charge in [-0.15, -0.1) is 0 Å². The zero-order valence-electron chi connectivity index (χ0n) is 11.2. The SMILES string of the molecule is CCPC(=O)c1c(C)c(C)cc(C)c1C.[Li]. The van der Waals surface area contributed by atoms with Gasteiger partial charge in [0.15, 0.2) is 5.52 Å². The fourth-order valence-electron chi connectivity index (χ4n) is 1.81. The molecule has 1 nitrogen and oxygen atoms in total. The Morgan fingerprint density at radius 1 is 1.12 bits per heavy atom. The van der Waals surface area contributed by atoms with Crippen molar-refractivity contribution in [2.24, 2.45) is 0 Å². The Morgan fingerprint density at radius 3 is 1.94 bits per heavy atom. The van der Waals surface area contributed by atoms with Gasteiger partial charge in [-0.1, -0.05) is 13.0 Å². The van der Waals surface area contributed by atoms with Gasteiger partial charge in [0.1, 0.15) is 0 Å². The Bertz CT molecular complexity index is 373. The van der Waals surface area contributed by atoms with Gasteiger partial charge in [0.25, 0.3) is 0 Å². The largest absolute Gasteiger partial charge is 0.289 e. The molecule has 0 saturated heterocycles. The van der Waals surface area contributed by atoms with Gasteiger partial charge in [0, 0.05) is 24.4 Å². The maximum Gasteiger partial charge on any atom is 0.181 e. The number of hydrogen-bond acceptors (Lipinski definition) is 1. The predicted molar refractivity (Wildman–Crippen MR) is 74.3 cm³/mol. The second kappa shape index (κ2) is 6.60. The predicted octanol–water partition coefficient (Wildman–Crippen LogP) is 3.38. The molecule has 0 saturated carbocycles. The van der Waals surface area contributed by atoms with E-state index in [2.05, 4.69) is 40.7 Å². The first kappa shape index (κ1) is 15.9. The third-order valence-corrected chi connectivity index (χ3v) is 3.86. The van der Waals surface area contributed by atoms with Gasteiger partial charge in [-0.3, -0.25) is 4.79 Å². The molecule has 0 bridgehead atoms. The van der Waals surface area contributed by atoms with Crippen molar-refractivity contribution >= 4 is 33.0 Å². The van der Waals surface area contributed by atoms with E-state index in [0.29, 0.717) is 14.1 Å². The average molecular weight is 229 g/mol. The fraction of sp³-hybridized carbons (Fsp3) is 0.462. The van der Waals surface area contributed by atoms with Crippen LogP contribution in [0, 0.1) is 27.7 Å². The molecule has 1 atom stereocenters. The summed E-state index contributed by atoms with van der Waals surface area (Å²) in [5.74, 6) is 0. The second-order valence-corrected chi connectivity index (χ2v) is 5.51. The molecule has 0 amide bonds. The molecule has 0 heterocycles. The second-order valence-electron chi connectivity index (χ2n) is 3.99. The Kier molecular flexibility index (Phi) is 6.57. The Hall–Kier alpha value is -0.0826. The first-order valence-electron chi connectivity index (χ1n) is 5.34. The van der Waals surface area contributed by atoms with Crippen molar-refractivity contribution in [3.05, 3.63) is 33.9 Å². The summed E-state index contributed by atoms with van der Waals surface area (Å²) in [7, 11) is 0.413. The van der Waals surface area contributed by atoms with E-state index in [1.165, 1.54) is 11.1 Å². The average Bonchev–Trinajstić information content (AvgIpc) is 2.16. The van der Waals surface area contributed by atoms with Crippen molar-refractivity contribution in [2.45, 2.75) is 34.6 Å². The van der Waals surface area contributed by atoms with Gasteiger partial charge in [-0.05, 0) is 64.7 Å². The molecule has 0 spiro atoms. The smallest absolute Gasteiger partial charge is 0.181 e. The first-order chi connectivity index (χ1) is 6.99. The third kappa shape index (κ3) is 3.21. The Labute approximate surface area is 112 Å². The summed E-state index contributed by atoms with van der Waals surface area (Å²) in [6.07, 6.45) is 0.949. The molecule has 0 aliphatic carbocycles. The minimum Gasteiger partial charge on any atom is -0.289 e. The van der Waals surface area contributed by atoms with E-state index in [4.69, 9.17) is 0 Å². The number of aryl methyl sites for hydroxylation is 2. The number of rotatable bonds is 3. The summed E-state index contributed by atoms with van der Waals surface area (Å²) in [4.78, 5) is 12.0. The van der Waals surface area contributed by atoms with Gasteiger partial charge >= 0.3 is 0 Å². The van der Waals surface area contributed by atoms with Crippen molar-refractivity contribution in [3.63, 3.8) is 0 Å². The number of carbonyl (C=O) groups is 1. The summed E-state index contributed by atoms with van der Waals surface area (Å²) in [5, 5.41) is 0. The third-order valence-electron chi connectivity index (χ3n) is 2.93. The van der Waals surface area contributed by atoms with Crippen molar-refractivity contribution in [3.8, 4) is 0 Å². The van der Waals surface area contributed by atoms with Crippen LogP contribution in [-0.4, -0.2) is 30.5 Å². The van der Waals surface area contributed by atoms with Gasteiger partial charge in [-0.25, -0.2) is 0 Å². The molecular formula is C13H19LiOP. The van der Waals surface area contributed by atoms with E-state index in [-0.39, 0.29) is 18.9 Å². The van der Waals surface area contributed by atoms with Crippen LogP contribution < -0.4 is 0 Å². The summed E-state index contributed by atoms with van der Waals surface area (Å²) < 4.78 is 0. The number of hydrogen-bond donors (Lipinski definition) is 0.